The van der Waals surface area contributed by atoms with E-state index >= 15 is 0 Å². The van der Waals surface area contributed by atoms with Crippen molar-refractivity contribution < 1.29 is 4.79 Å². The van der Waals surface area contributed by atoms with E-state index in [4.69, 9.17) is 0 Å². The van der Waals surface area contributed by atoms with Gasteiger partial charge in [-0.25, -0.2) is 9.97 Å². The Balaban J connectivity index is 1.83. The lowest BCUT2D eigenvalue weighted by molar-refractivity contribution is 0.0971. The second-order valence-electron chi connectivity index (χ2n) is 5.39. The van der Waals surface area contributed by atoms with E-state index in [1.807, 2.05) is 18.2 Å². The molecule has 0 saturated heterocycles. The number of hydrogen-bond donors (Lipinski definition) is 0. The molecule has 0 spiro atoms. The van der Waals surface area contributed by atoms with Crippen molar-refractivity contribution in [2.45, 2.75) is 19.3 Å². The number of aryl methyl sites for hydroxylation is 1. The molecule has 0 aliphatic heterocycles. The van der Waals surface area contributed by atoms with Crippen LogP contribution in [0.4, 0.5) is 0 Å². The summed E-state index contributed by atoms with van der Waals surface area (Å²) < 4.78 is 0. The highest BCUT2D eigenvalue weighted by Crippen LogP contribution is 2.25. The van der Waals surface area contributed by atoms with Crippen molar-refractivity contribution >= 4 is 16.6 Å². The average molecular weight is 274 g/mol. The lowest BCUT2D eigenvalue weighted by Gasteiger charge is -2.14. The average Bonchev–Trinajstić information content (AvgIpc) is 2.54. The molecule has 0 unspecified atom stereocenters. The lowest BCUT2D eigenvalue weighted by atomic mass is 9.96. The summed E-state index contributed by atoms with van der Waals surface area (Å²) >= 11 is 0. The van der Waals surface area contributed by atoms with Gasteiger partial charge in [-0.05, 0) is 29.7 Å². The summed E-state index contributed by atoms with van der Waals surface area (Å²) in [6, 6.07) is 14.4. The number of hydrogen-bond acceptors (Lipinski definition) is 3. The van der Waals surface area contributed by atoms with Gasteiger partial charge in [-0.3, -0.25) is 4.79 Å². The zero-order valence-electron chi connectivity index (χ0n) is 11.5. The van der Waals surface area contributed by atoms with Crippen molar-refractivity contribution in [1.29, 1.82) is 0 Å². The van der Waals surface area contributed by atoms with Crippen LogP contribution in [0.25, 0.3) is 22.2 Å². The van der Waals surface area contributed by atoms with Crippen molar-refractivity contribution in [3.05, 3.63) is 59.9 Å². The monoisotopic (exact) mass is 274 g/mol. The first kappa shape index (κ1) is 12.2. The Bertz CT molecular complexity index is 855. The maximum Gasteiger partial charge on any atom is 0.166 e. The maximum atomic E-state index is 11.8. The second kappa shape index (κ2) is 4.77. The molecule has 1 aliphatic carbocycles. The number of nitrogens with zero attached hydrogens (tertiary/aromatic N) is 2. The quantitative estimate of drug-likeness (QED) is 0.677. The Morgan fingerprint density at radius 2 is 1.81 bits per heavy atom. The van der Waals surface area contributed by atoms with Gasteiger partial charge in [0, 0.05) is 18.2 Å². The Hall–Kier alpha value is -2.55. The number of rotatable bonds is 1. The molecule has 4 rings (SSSR count). The van der Waals surface area contributed by atoms with Gasteiger partial charge in [0.05, 0.1) is 11.3 Å². The molecule has 0 bridgehead atoms. The summed E-state index contributed by atoms with van der Waals surface area (Å²) in [5, 5.41) is 2.38. The van der Waals surface area contributed by atoms with Crippen LogP contribution in [0.5, 0.6) is 0 Å². The third kappa shape index (κ3) is 2.11. The molecule has 102 valence electrons. The molecule has 2 aromatic carbocycles. The van der Waals surface area contributed by atoms with Gasteiger partial charge in [0.25, 0.3) is 0 Å². The SMILES string of the molecule is O=C1CCCc2nc(-c3ccc4ccccc4c3)ncc21. The van der Waals surface area contributed by atoms with Crippen LogP contribution in [0.3, 0.4) is 0 Å². The van der Waals surface area contributed by atoms with Crippen LogP contribution in [0.2, 0.25) is 0 Å². The zero-order chi connectivity index (χ0) is 14.2. The molecule has 0 fully saturated rings. The van der Waals surface area contributed by atoms with E-state index in [9.17, 15) is 4.79 Å². The van der Waals surface area contributed by atoms with E-state index in [0.29, 0.717) is 17.8 Å². The topological polar surface area (TPSA) is 42.9 Å². The number of Topliss-reactive ketones (excluding diaryl/α,β-unsaturated/α-hetero) is 1. The van der Waals surface area contributed by atoms with Crippen LogP contribution in [0.15, 0.2) is 48.7 Å². The fourth-order valence-electron chi connectivity index (χ4n) is 2.86. The summed E-state index contributed by atoms with van der Waals surface area (Å²) in [5.41, 5.74) is 2.59. The van der Waals surface area contributed by atoms with Gasteiger partial charge in [0.2, 0.25) is 0 Å². The Kier molecular flexibility index (Phi) is 2.78. The molecule has 0 N–H and O–H groups in total. The highest BCUT2D eigenvalue weighted by molar-refractivity contribution is 5.98. The minimum Gasteiger partial charge on any atom is -0.294 e. The van der Waals surface area contributed by atoms with Crippen LogP contribution < -0.4 is 0 Å². The van der Waals surface area contributed by atoms with E-state index in [2.05, 4.69) is 34.2 Å². The van der Waals surface area contributed by atoms with Crippen molar-refractivity contribution in [2.75, 3.05) is 0 Å². The largest absolute Gasteiger partial charge is 0.294 e. The third-order valence-corrected chi connectivity index (χ3v) is 3.99. The number of fused-ring (bicyclic) bond motifs is 2. The van der Waals surface area contributed by atoms with E-state index in [-0.39, 0.29) is 5.78 Å². The van der Waals surface area contributed by atoms with Gasteiger partial charge in [-0.1, -0.05) is 36.4 Å². The van der Waals surface area contributed by atoms with E-state index in [1.165, 1.54) is 10.8 Å². The van der Waals surface area contributed by atoms with Gasteiger partial charge in [0.1, 0.15) is 0 Å². The molecule has 0 amide bonds. The molecule has 1 aromatic heterocycles. The van der Waals surface area contributed by atoms with Crippen LogP contribution in [-0.4, -0.2) is 15.8 Å². The predicted molar refractivity (Wildman–Crippen MR) is 82.2 cm³/mol. The molecule has 1 heterocycles. The van der Waals surface area contributed by atoms with Crippen molar-refractivity contribution in [3.63, 3.8) is 0 Å². The van der Waals surface area contributed by atoms with Gasteiger partial charge in [-0.2, -0.15) is 0 Å². The van der Waals surface area contributed by atoms with Gasteiger partial charge < -0.3 is 0 Å². The molecule has 3 heteroatoms. The number of aromatic nitrogens is 2. The number of ketones is 1. The predicted octanol–water partition coefficient (Wildman–Crippen LogP) is 3.82. The molecule has 3 aromatic rings. The molecular weight excluding hydrogens is 260 g/mol. The summed E-state index contributed by atoms with van der Waals surface area (Å²) in [4.78, 5) is 20.8. The Morgan fingerprint density at radius 1 is 0.952 bits per heavy atom. The Morgan fingerprint density at radius 3 is 2.71 bits per heavy atom. The molecule has 3 nitrogen and oxygen atoms in total. The van der Waals surface area contributed by atoms with E-state index in [0.717, 1.165) is 24.1 Å². The van der Waals surface area contributed by atoms with E-state index < -0.39 is 0 Å². The first-order chi connectivity index (χ1) is 10.3. The lowest BCUT2D eigenvalue weighted by Crippen LogP contribution is -2.13. The van der Waals surface area contributed by atoms with Crippen LogP contribution in [0.1, 0.15) is 28.9 Å². The van der Waals surface area contributed by atoms with Crippen LogP contribution in [0, 0.1) is 0 Å². The fourth-order valence-corrected chi connectivity index (χ4v) is 2.86. The van der Waals surface area contributed by atoms with E-state index in [1.54, 1.807) is 6.20 Å². The number of carbonyl (C=O) groups is 1. The fraction of sp³-hybridized carbons (Fsp3) is 0.167. The van der Waals surface area contributed by atoms with Crippen LogP contribution >= 0.6 is 0 Å². The number of carbonyl (C=O) groups excluding carboxylic acids is 1. The molecule has 1 aliphatic rings. The zero-order valence-corrected chi connectivity index (χ0v) is 11.5. The maximum absolute atomic E-state index is 11.8. The van der Waals surface area contributed by atoms with Gasteiger partial charge >= 0.3 is 0 Å². The van der Waals surface area contributed by atoms with Crippen LogP contribution in [-0.2, 0) is 6.42 Å². The smallest absolute Gasteiger partial charge is 0.166 e. The second-order valence-corrected chi connectivity index (χ2v) is 5.39. The molecule has 0 radical (unpaired) electrons. The van der Waals surface area contributed by atoms with Crippen molar-refractivity contribution in [3.8, 4) is 11.4 Å². The minimum atomic E-state index is 0.168. The first-order valence-corrected chi connectivity index (χ1v) is 7.19. The standard InChI is InChI=1S/C18H14N2O/c21-17-7-3-6-16-15(17)11-19-18(20-16)14-9-8-12-4-1-2-5-13(12)10-14/h1-2,4-5,8-11H,3,6-7H2. The van der Waals surface area contributed by atoms with Crippen molar-refractivity contribution in [1.82, 2.24) is 9.97 Å². The summed E-state index contributed by atoms with van der Waals surface area (Å²) in [6.45, 7) is 0. The highest BCUT2D eigenvalue weighted by Gasteiger charge is 2.19. The minimum absolute atomic E-state index is 0.168. The summed E-state index contributed by atoms with van der Waals surface area (Å²) in [5.74, 6) is 0.871. The van der Waals surface area contributed by atoms with Gasteiger partial charge in [-0.15, -0.1) is 0 Å². The summed E-state index contributed by atoms with van der Waals surface area (Å²) in [6.07, 6.45) is 4.06. The molecule has 0 saturated carbocycles. The third-order valence-electron chi connectivity index (χ3n) is 3.99. The highest BCUT2D eigenvalue weighted by atomic mass is 16.1. The molecule has 0 atom stereocenters. The Labute approximate surface area is 122 Å². The molecule has 21 heavy (non-hydrogen) atoms. The molecular formula is C18H14N2O. The summed E-state index contributed by atoms with van der Waals surface area (Å²) in [7, 11) is 0. The normalized spacial score (nSPS) is 14.2. The van der Waals surface area contributed by atoms with Crippen molar-refractivity contribution in [2.24, 2.45) is 0 Å². The van der Waals surface area contributed by atoms with Gasteiger partial charge in [0.15, 0.2) is 11.6 Å². The first-order valence-electron chi connectivity index (χ1n) is 7.19. The number of benzene rings is 2.